The molecule has 1 unspecified atom stereocenters. The van der Waals surface area contributed by atoms with Gasteiger partial charge in [0.15, 0.2) is 0 Å². The monoisotopic (exact) mass is 312 g/mol. The molecule has 1 aromatic carbocycles. The number of carbonyl (C=O) groups is 2. The van der Waals surface area contributed by atoms with E-state index >= 15 is 0 Å². The summed E-state index contributed by atoms with van der Waals surface area (Å²) in [7, 11) is 0. The molecule has 0 saturated heterocycles. The quantitative estimate of drug-likeness (QED) is 0.666. The van der Waals surface area contributed by atoms with E-state index in [9.17, 15) is 19.7 Å². The Kier molecular flexibility index (Phi) is 3.49. The number of pyridine rings is 1. The number of nitro benzene ring substituents is 1. The SMILES string of the molecule is CC1C(=O)Nc2cc(NC(=O)c3ccncc3)c([N+](=O)[O-])cc21. The molecule has 1 atom stereocenters. The van der Waals surface area contributed by atoms with Crippen molar-refractivity contribution in [2.24, 2.45) is 0 Å². The van der Waals surface area contributed by atoms with Crippen molar-refractivity contribution in [1.82, 2.24) is 4.98 Å². The summed E-state index contributed by atoms with van der Waals surface area (Å²) in [4.78, 5) is 38.4. The third-order valence-electron chi connectivity index (χ3n) is 3.67. The summed E-state index contributed by atoms with van der Waals surface area (Å²) < 4.78 is 0. The summed E-state index contributed by atoms with van der Waals surface area (Å²) >= 11 is 0. The number of aromatic nitrogens is 1. The Bertz CT molecular complexity index is 820. The molecule has 1 aromatic heterocycles. The van der Waals surface area contributed by atoms with E-state index in [4.69, 9.17) is 0 Å². The lowest BCUT2D eigenvalue weighted by Gasteiger charge is -2.09. The number of carbonyl (C=O) groups excluding carboxylic acids is 2. The van der Waals surface area contributed by atoms with Crippen molar-refractivity contribution in [2.75, 3.05) is 10.6 Å². The first kappa shape index (κ1) is 14.6. The number of hydrogen-bond acceptors (Lipinski definition) is 5. The van der Waals surface area contributed by atoms with Crippen LogP contribution in [0.15, 0.2) is 36.7 Å². The lowest BCUT2D eigenvalue weighted by atomic mass is 10.0. The topological polar surface area (TPSA) is 114 Å². The fraction of sp³-hybridized carbons (Fsp3) is 0.133. The van der Waals surface area contributed by atoms with Gasteiger partial charge in [-0.3, -0.25) is 24.7 Å². The van der Waals surface area contributed by atoms with Crippen LogP contribution in [0.3, 0.4) is 0 Å². The zero-order valence-corrected chi connectivity index (χ0v) is 12.1. The first-order valence-corrected chi connectivity index (χ1v) is 6.82. The van der Waals surface area contributed by atoms with Gasteiger partial charge in [0.2, 0.25) is 5.91 Å². The summed E-state index contributed by atoms with van der Waals surface area (Å²) in [6, 6.07) is 5.73. The lowest BCUT2D eigenvalue weighted by molar-refractivity contribution is -0.384. The molecule has 116 valence electrons. The molecule has 23 heavy (non-hydrogen) atoms. The molecule has 0 saturated carbocycles. The molecule has 2 aromatic rings. The molecular formula is C15H12N4O4. The van der Waals surface area contributed by atoms with Crippen LogP contribution in [0.4, 0.5) is 17.1 Å². The van der Waals surface area contributed by atoms with Crippen LogP contribution in [0.2, 0.25) is 0 Å². The summed E-state index contributed by atoms with van der Waals surface area (Å²) in [6.45, 7) is 1.67. The molecular weight excluding hydrogens is 300 g/mol. The van der Waals surface area contributed by atoms with Crippen LogP contribution in [-0.2, 0) is 4.79 Å². The Balaban J connectivity index is 1.99. The second kappa shape index (κ2) is 5.48. The molecule has 8 heteroatoms. The van der Waals surface area contributed by atoms with E-state index in [0.717, 1.165) is 0 Å². The molecule has 2 N–H and O–H groups in total. The molecule has 0 aliphatic carbocycles. The minimum atomic E-state index is -0.585. The molecule has 8 nitrogen and oxygen atoms in total. The minimum Gasteiger partial charge on any atom is -0.325 e. The molecule has 0 radical (unpaired) electrons. The van der Waals surface area contributed by atoms with Crippen molar-refractivity contribution in [3.05, 3.63) is 57.9 Å². The summed E-state index contributed by atoms with van der Waals surface area (Å²) in [5.74, 6) is -1.19. The molecule has 0 bridgehead atoms. The first-order valence-electron chi connectivity index (χ1n) is 6.82. The van der Waals surface area contributed by atoms with Gasteiger partial charge in [-0.1, -0.05) is 0 Å². The highest BCUT2D eigenvalue weighted by atomic mass is 16.6. The van der Waals surface area contributed by atoms with Gasteiger partial charge in [0.05, 0.1) is 10.8 Å². The number of rotatable bonds is 3. The van der Waals surface area contributed by atoms with Crippen LogP contribution >= 0.6 is 0 Å². The highest BCUT2D eigenvalue weighted by Crippen LogP contribution is 2.39. The molecule has 3 rings (SSSR count). The van der Waals surface area contributed by atoms with Gasteiger partial charge in [-0.2, -0.15) is 0 Å². The summed E-state index contributed by atoms with van der Waals surface area (Å²) in [5.41, 5.74) is 1.12. The smallest absolute Gasteiger partial charge is 0.293 e. The van der Waals surface area contributed by atoms with Gasteiger partial charge < -0.3 is 10.6 Å². The average Bonchev–Trinajstić information content (AvgIpc) is 2.81. The van der Waals surface area contributed by atoms with E-state index in [-0.39, 0.29) is 17.3 Å². The highest BCUT2D eigenvalue weighted by Gasteiger charge is 2.31. The van der Waals surface area contributed by atoms with Crippen molar-refractivity contribution in [3.63, 3.8) is 0 Å². The fourth-order valence-corrected chi connectivity index (χ4v) is 2.40. The van der Waals surface area contributed by atoms with E-state index in [1.165, 1.54) is 36.7 Å². The Morgan fingerprint density at radius 3 is 2.70 bits per heavy atom. The summed E-state index contributed by atoms with van der Waals surface area (Å²) in [6.07, 6.45) is 2.90. The third-order valence-corrected chi connectivity index (χ3v) is 3.67. The van der Waals surface area contributed by atoms with Gasteiger partial charge in [0, 0.05) is 29.7 Å². The van der Waals surface area contributed by atoms with Gasteiger partial charge in [-0.05, 0) is 30.7 Å². The van der Waals surface area contributed by atoms with Crippen LogP contribution in [0.25, 0.3) is 0 Å². The normalized spacial score (nSPS) is 15.7. The number of anilines is 2. The second-order valence-corrected chi connectivity index (χ2v) is 5.11. The number of fused-ring (bicyclic) bond motifs is 1. The Morgan fingerprint density at radius 1 is 1.35 bits per heavy atom. The fourth-order valence-electron chi connectivity index (χ4n) is 2.40. The number of nitrogens with one attached hydrogen (secondary N) is 2. The Morgan fingerprint density at radius 2 is 2.04 bits per heavy atom. The minimum absolute atomic E-state index is 0.0324. The number of benzene rings is 1. The maximum Gasteiger partial charge on any atom is 0.293 e. The van der Waals surface area contributed by atoms with Crippen LogP contribution in [-0.4, -0.2) is 21.7 Å². The second-order valence-electron chi connectivity index (χ2n) is 5.11. The zero-order chi connectivity index (χ0) is 16.6. The van der Waals surface area contributed by atoms with Crippen molar-refractivity contribution in [1.29, 1.82) is 0 Å². The molecule has 1 aliphatic rings. The van der Waals surface area contributed by atoms with Crippen LogP contribution in [0, 0.1) is 10.1 Å². The molecule has 1 aliphatic heterocycles. The van der Waals surface area contributed by atoms with Gasteiger partial charge in [0.25, 0.3) is 11.6 Å². The largest absolute Gasteiger partial charge is 0.325 e. The predicted octanol–water partition coefficient (Wildman–Crippen LogP) is 2.30. The number of hydrogen-bond donors (Lipinski definition) is 2. The Labute approximate surface area is 130 Å². The Hall–Kier alpha value is -3.29. The van der Waals surface area contributed by atoms with Gasteiger partial charge >= 0.3 is 0 Å². The zero-order valence-electron chi connectivity index (χ0n) is 12.1. The van der Waals surface area contributed by atoms with Gasteiger partial charge in [-0.15, -0.1) is 0 Å². The van der Waals surface area contributed by atoms with Gasteiger partial charge in [0.1, 0.15) is 5.69 Å². The number of nitrogens with zero attached hydrogens (tertiary/aromatic N) is 2. The highest BCUT2D eigenvalue weighted by molar-refractivity contribution is 6.08. The van der Waals surface area contributed by atoms with E-state index in [1.54, 1.807) is 6.92 Å². The van der Waals surface area contributed by atoms with Crippen molar-refractivity contribution in [3.8, 4) is 0 Å². The van der Waals surface area contributed by atoms with Crippen molar-refractivity contribution >= 4 is 28.9 Å². The number of nitro groups is 1. The third kappa shape index (κ3) is 2.61. The van der Waals surface area contributed by atoms with Crippen molar-refractivity contribution < 1.29 is 14.5 Å². The van der Waals surface area contributed by atoms with E-state index in [2.05, 4.69) is 15.6 Å². The van der Waals surface area contributed by atoms with Crippen LogP contribution in [0.5, 0.6) is 0 Å². The molecule has 0 fully saturated rings. The predicted molar refractivity (Wildman–Crippen MR) is 82.3 cm³/mol. The standard InChI is InChI=1S/C15H12N4O4/c1-8-10-6-13(19(22)23)12(7-11(10)17-14(8)20)18-15(21)9-2-4-16-5-3-9/h2-8H,1H3,(H,17,20)(H,18,21). The maximum atomic E-state index is 12.2. The lowest BCUT2D eigenvalue weighted by Crippen LogP contribution is -2.13. The van der Waals surface area contributed by atoms with E-state index in [1.807, 2.05) is 0 Å². The maximum absolute atomic E-state index is 12.2. The van der Waals surface area contributed by atoms with Crippen LogP contribution < -0.4 is 10.6 Å². The average molecular weight is 312 g/mol. The van der Waals surface area contributed by atoms with E-state index in [0.29, 0.717) is 16.8 Å². The van der Waals surface area contributed by atoms with Crippen LogP contribution in [0.1, 0.15) is 28.8 Å². The molecule has 2 amide bonds. The molecule has 2 heterocycles. The number of amides is 2. The van der Waals surface area contributed by atoms with Crippen molar-refractivity contribution in [2.45, 2.75) is 12.8 Å². The van der Waals surface area contributed by atoms with Gasteiger partial charge in [-0.25, -0.2) is 0 Å². The van der Waals surface area contributed by atoms with E-state index < -0.39 is 16.7 Å². The first-order chi connectivity index (χ1) is 11.0. The molecule has 0 spiro atoms. The summed E-state index contributed by atoms with van der Waals surface area (Å²) in [5, 5.41) is 16.4.